The first kappa shape index (κ1) is 16.9. The molecule has 0 aliphatic heterocycles. The number of nitro benzene ring substituents is 2. The number of carbonyl (C=O) groups excluding carboxylic acids is 1. The Labute approximate surface area is 135 Å². The molecule has 0 unspecified atom stereocenters. The van der Waals surface area contributed by atoms with Crippen molar-refractivity contribution < 1.29 is 24.1 Å². The van der Waals surface area contributed by atoms with E-state index in [4.69, 9.17) is 9.47 Å². The zero-order valence-corrected chi connectivity index (χ0v) is 12.7. The highest BCUT2D eigenvalue weighted by Crippen LogP contribution is 2.32. The normalized spacial score (nSPS) is 10.1. The Bertz CT molecular complexity index is 833. The summed E-state index contributed by atoms with van der Waals surface area (Å²) in [6, 6.07) is 7.53. The number of benzene rings is 2. The summed E-state index contributed by atoms with van der Waals surface area (Å²) in [5.41, 5.74) is -0.389. The summed E-state index contributed by atoms with van der Waals surface area (Å²) in [4.78, 5) is 32.8. The third-order valence-corrected chi connectivity index (χ3v) is 3.28. The molecule has 0 saturated carbocycles. The summed E-state index contributed by atoms with van der Waals surface area (Å²) in [5.74, 6) is -0.908. The number of ether oxygens (including phenoxy) is 2. The number of hydrogen-bond acceptors (Lipinski definition) is 7. The van der Waals surface area contributed by atoms with Crippen LogP contribution in [0.1, 0.15) is 15.9 Å². The minimum Gasteiger partial charge on any atom is -0.493 e. The van der Waals surface area contributed by atoms with E-state index in [2.05, 4.69) is 0 Å². The predicted octanol–water partition coefficient (Wildman–Crippen LogP) is 3.04. The van der Waals surface area contributed by atoms with Crippen LogP contribution in [0.25, 0.3) is 0 Å². The highest BCUT2D eigenvalue weighted by atomic mass is 16.6. The van der Waals surface area contributed by atoms with Crippen LogP contribution in [0.4, 0.5) is 11.4 Å². The lowest BCUT2D eigenvalue weighted by molar-refractivity contribution is -0.385. The maximum atomic E-state index is 12.3. The van der Waals surface area contributed by atoms with Gasteiger partial charge in [0.2, 0.25) is 0 Å². The van der Waals surface area contributed by atoms with Gasteiger partial charge in [0.05, 0.1) is 28.6 Å². The van der Waals surface area contributed by atoms with Crippen LogP contribution in [0, 0.1) is 27.2 Å². The van der Waals surface area contributed by atoms with Crippen LogP contribution in [0.15, 0.2) is 36.4 Å². The molecule has 0 saturated heterocycles. The van der Waals surface area contributed by atoms with E-state index in [1.54, 1.807) is 0 Å². The average Bonchev–Trinajstić information content (AvgIpc) is 2.54. The smallest absolute Gasteiger partial charge is 0.344 e. The molecule has 9 heteroatoms. The Hall–Kier alpha value is -3.49. The van der Waals surface area contributed by atoms with Gasteiger partial charge in [0.1, 0.15) is 0 Å². The minimum atomic E-state index is -0.880. The molecule has 2 aromatic rings. The molecule has 0 atom stereocenters. The van der Waals surface area contributed by atoms with E-state index in [9.17, 15) is 25.0 Å². The Kier molecular flexibility index (Phi) is 4.73. The molecule has 9 nitrogen and oxygen atoms in total. The van der Waals surface area contributed by atoms with Gasteiger partial charge < -0.3 is 9.47 Å². The number of rotatable bonds is 5. The molecule has 2 aromatic carbocycles. The minimum absolute atomic E-state index is 0.0160. The van der Waals surface area contributed by atoms with Gasteiger partial charge in [0, 0.05) is 17.7 Å². The fourth-order valence-corrected chi connectivity index (χ4v) is 2.06. The molecule has 24 heavy (non-hydrogen) atoms. The summed E-state index contributed by atoms with van der Waals surface area (Å²) < 4.78 is 10.1. The van der Waals surface area contributed by atoms with E-state index in [0.29, 0.717) is 0 Å². The van der Waals surface area contributed by atoms with Crippen LogP contribution in [0.2, 0.25) is 0 Å². The zero-order chi connectivity index (χ0) is 17.9. The van der Waals surface area contributed by atoms with Gasteiger partial charge in [-0.3, -0.25) is 20.2 Å². The average molecular weight is 332 g/mol. The fraction of sp³-hybridized carbons (Fsp3) is 0.133. The first-order valence-corrected chi connectivity index (χ1v) is 6.63. The standard InChI is InChI=1S/C15H12N2O7/c1-9-11(4-3-5-12(9)17(21)22)15(18)24-14-8-10(16(19)20)6-7-13(14)23-2/h3-8H,1-2H3. The third kappa shape index (κ3) is 3.29. The van der Waals surface area contributed by atoms with Crippen molar-refractivity contribution in [1.82, 2.24) is 0 Å². The topological polar surface area (TPSA) is 122 Å². The predicted molar refractivity (Wildman–Crippen MR) is 82.4 cm³/mol. The van der Waals surface area contributed by atoms with Crippen LogP contribution in [-0.4, -0.2) is 22.9 Å². The van der Waals surface area contributed by atoms with E-state index < -0.39 is 15.8 Å². The summed E-state index contributed by atoms with van der Waals surface area (Å²) in [6.07, 6.45) is 0. The number of nitrogens with zero attached hydrogens (tertiary/aromatic N) is 2. The van der Waals surface area contributed by atoms with Crippen molar-refractivity contribution in [3.05, 3.63) is 67.8 Å². The number of nitro groups is 2. The molecule has 0 bridgehead atoms. The molecule has 0 aliphatic carbocycles. The van der Waals surface area contributed by atoms with Crippen LogP contribution < -0.4 is 9.47 Å². The number of hydrogen-bond donors (Lipinski definition) is 0. The highest BCUT2D eigenvalue weighted by molar-refractivity contribution is 5.94. The maximum absolute atomic E-state index is 12.3. The Balaban J connectivity index is 2.40. The first-order chi connectivity index (χ1) is 11.3. The number of non-ortho nitro benzene ring substituents is 1. The lowest BCUT2D eigenvalue weighted by atomic mass is 10.1. The lowest BCUT2D eigenvalue weighted by Gasteiger charge is -2.10. The molecular formula is C15H12N2O7. The molecule has 0 spiro atoms. The quantitative estimate of drug-likeness (QED) is 0.357. The molecule has 124 valence electrons. The Morgan fingerprint density at radius 1 is 1.04 bits per heavy atom. The lowest BCUT2D eigenvalue weighted by Crippen LogP contribution is -2.12. The Morgan fingerprint density at radius 3 is 2.33 bits per heavy atom. The molecular weight excluding hydrogens is 320 g/mol. The molecule has 2 rings (SSSR count). The largest absolute Gasteiger partial charge is 0.493 e. The van der Waals surface area contributed by atoms with Gasteiger partial charge in [0.25, 0.3) is 11.4 Å². The van der Waals surface area contributed by atoms with E-state index >= 15 is 0 Å². The number of esters is 1. The molecule has 0 aromatic heterocycles. The third-order valence-electron chi connectivity index (χ3n) is 3.28. The van der Waals surface area contributed by atoms with Gasteiger partial charge in [-0.25, -0.2) is 4.79 Å². The van der Waals surface area contributed by atoms with Crippen molar-refractivity contribution in [2.24, 2.45) is 0 Å². The van der Waals surface area contributed by atoms with Crippen molar-refractivity contribution in [2.45, 2.75) is 6.92 Å². The monoisotopic (exact) mass is 332 g/mol. The molecule has 0 fully saturated rings. The molecule has 0 aliphatic rings. The molecule has 0 N–H and O–H groups in total. The summed E-state index contributed by atoms with van der Waals surface area (Å²) in [7, 11) is 1.32. The van der Waals surface area contributed by atoms with Gasteiger partial charge in [-0.2, -0.15) is 0 Å². The zero-order valence-electron chi connectivity index (χ0n) is 12.7. The number of methoxy groups -OCH3 is 1. The van der Waals surface area contributed by atoms with E-state index in [0.717, 1.165) is 6.07 Å². The Morgan fingerprint density at radius 2 is 1.75 bits per heavy atom. The van der Waals surface area contributed by atoms with Crippen LogP contribution in [-0.2, 0) is 0 Å². The van der Waals surface area contributed by atoms with E-state index in [-0.39, 0.29) is 34.0 Å². The van der Waals surface area contributed by atoms with Crippen LogP contribution >= 0.6 is 0 Å². The highest BCUT2D eigenvalue weighted by Gasteiger charge is 2.21. The molecule has 0 heterocycles. The van der Waals surface area contributed by atoms with Gasteiger partial charge in [-0.15, -0.1) is 0 Å². The fourth-order valence-electron chi connectivity index (χ4n) is 2.06. The van der Waals surface area contributed by atoms with Crippen molar-refractivity contribution >= 4 is 17.3 Å². The summed E-state index contributed by atoms with van der Waals surface area (Å²) >= 11 is 0. The van der Waals surface area contributed by atoms with Crippen LogP contribution in [0.5, 0.6) is 11.5 Å². The first-order valence-electron chi connectivity index (χ1n) is 6.63. The van der Waals surface area contributed by atoms with Gasteiger partial charge >= 0.3 is 5.97 Å². The molecule has 0 amide bonds. The maximum Gasteiger partial charge on any atom is 0.344 e. The van der Waals surface area contributed by atoms with Crippen LogP contribution in [0.3, 0.4) is 0 Å². The van der Waals surface area contributed by atoms with E-state index in [1.165, 1.54) is 44.4 Å². The second kappa shape index (κ2) is 6.73. The van der Waals surface area contributed by atoms with Gasteiger partial charge in [-0.1, -0.05) is 6.07 Å². The van der Waals surface area contributed by atoms with Crippen molar-refractivity contribution in [3.63, 3.8) is 0 Å². The number of carbonyl (C=O) groups is 1. The van der Waals surface area contributed by atoms with Gasteiger partial charge in [0.15, 0.2) is 11.5 Å². The second-order valence-corrected chi connectivity index (χ2v) is 4.69. The second-order valence-electron chi connectivity index (χ2n) is 4.69. The van der Waals surface area contributed by atoms with Crippen molar-refractivity contribution in [2.75, 3.05) is 7.11 Å². The van der Waals surface area contributed by atoms with Crippen molar-refractivity contribution in [1.29, 1.82) is 0 Å². The molecule has 0 radical (unpaired) electrons. The van der Waals surface area contributed by atoms with Crippen molar-refractivity contribution in [3.8, 4) is 11.5 Å². The SMILES string of the molecule is COc1ccc([N+](=O)[O-])cc1OC(=O)c1cccc([N+](=O)[O-])c1C. The van der Waals surface area contributed by atoms with E-state index in [1.807, 2.05) is 0 Å². The summed E-state index contributed by atoms with van der Waals surface area (Å²) in [6.45, 7) is 1.42. The summed E-state index contributed by atoms with van der Waals surface area (Å²) in [5, 5.41) is 21.8. The van der Waals surface area contributed by atoms with Gasteiger partial charge in [-0.05, 0) is 19.1 Å².